The van der Waals surface area contributed by atoms with Crippen molar-refractivity contribution in [3.05, 3.63) is 106 Å². The minimum atomic E-state index is -0.150. The number of hydrogen-bond donors (Lipinski definition) is 2. The van der Waals surface area contributed by atoms with Gasteiger partial charge in [-0.3, -0.25) is 4.79 Å². The summed E-state index contributed by atoms with van der Waals surface area (Å²) in [7, 11) is 0. The molecule has 1 aliphatic heterocycles. The molecule has 0 bridgehead atoms. The molecule has 0 spiro atoms. The maximum atomic E-state index is 13.5. The summed E-state index contributed by atoms with van der Waals surface area (Å²) >= 11 is 0. The monoisotopic (exact) mass is 394 g/mol. The second-order valence-electron chi connectivity index (χ2n) is 8.49. The Labute approximate surface area is 177 Å². The van der Waals surface area contributed by atoms with E-state index in [1.54, 1.807) is 0 Å². The second-order valence-corrected chi connectivity index (χ2v) is 8.49. The van der Waals surface area contributed by atoms with E-state index in [-0.39, 0.29) is 17.7 Å². The van der Waals surface area contributed by atoms with Gasteiger partial charge in [0.2, 0.25) is 0 Å². The zero-order valence-corrected chi connectivity index (χ0v) is 17.4. The fourth-order valence-electron chi connectivity index (χ4n) is 4.58. The van der Waals surface area contributed by atoms with Crippen LogP contribution in [0, 0.1) is 13.8 Å². The molecule has 0 amide bonds. The van der Waals surface area contributed by atoms with Crippen LogP contribution >= 0.6 is 0 Å². The van der Waals surface area contributed by atoms with E-state index in [1.165, 1.54) is 16.7 Å². The van der Waals surface area contributed by atoms with Crippen molar-refractivity contribution in [2.75, 3.05) is 10.6 Å². The van der Waals surface area contributed by atoms with Crippen molar-refractivity contribution in [3.63, 3.8) is 0 Å². The highest BCUT2D eigenvalue weighted by molar-refractivity contribution is 6.01. The molecule has 0 saturated heterocycles. The molecule has 2 N–H and O–H groups in total. The fraction of sp³-hybridized carbons (Fsp3) is 0.222. The van der Waals surface area contributed by atoms with Crippen molar-refractivity contribution in [3.8, 4) is 0 Å². The lowest BCUT2D eigenvalue weighted by molar-refractivity contribution is -0.116. The number of fused-ring (bicyclic) bond motifs is 1. The van der Waals surface area contributed by atoms with E-state index < -0.39 is 0 Å². The van der Waals surface area contributed by atoms with Crippen molar-refractivity contribution < 1.29 is 4.79 Å². The molecule has 3 heteroatoms. The third-order valence-corrected chi connectivity index (χ3v) is 6.27. The maximum absolute atomic E-state index is 13.5. The van der Waals surface area contributed by atoms with Gasteiger partial charge in [0, 0.05) is 17.7 Å². The summed E-state index contributed by atoms with van der Waals surface area (Å²) in [6, 6.07) is 25.1. The lowest BCUT2D eigenvalue weighted by Crippen LogP contribution is -2.26. The van der Waals surface area contributed by atoms with Crippen LogP contribution in [0.1, 0.15) is 47.1 Å². The molecule has 3 nitrogen and oxygen atoms in total. The first-order valence-electron chi connectivity index (χ1n) is 10.6. The average Bonchev–Trinajstić information content (AvgIpc) is 2.91. The summed E-state index contributed by atoms with van der Waals surface area (Å²) in [6.45, 7) is 4.18. The molecule has 150 valence electrons. The minimum Gasteiger partial charge on any atom is -0.372 e. The SMILES string of the molecule is Cc1ccc([C@H]2CC(=O)C3=C(C2)Nc2ccccc2N[C@@H]3c2ccc(C)cc2)cc1. The Kier molecular flexibility index (Phi) is 4.66. The molecule has 5 rings (SSSR count). The van der Waals surface area contributed by atoms with Crippen LogP contribution in [0.15, 0.2) is 84.1 Å². The molecule has 0 radical (unpaired) electrons. The van der Waals surface area contributed by atoms with Gasteiger partial charge in [0.25, 0.3) is 0 Å². The molecule has 3 aromatic rings. The van der Waals surface area contributed by atoms with E-state index in [4.69, 9.17) is 0 Å². The number of nitrogens with one attached hydrogen (secondary N) is 2. The smallest absolute Gasteiger partial charge is 0.163 e. The molecular weight excluding hydrogens is 368 g/mol. The predicted molar refractivity (Wildman–Crippen MR) is 123 cm³/mol. The summed E-state index contributed by atoms with van der Waals surface area (Å²) < 4.78 is 0. The van der Waals surface area contributed by atoms with Gasteiger partial charge in [-0.05, 0) is 49.4 Å². The number of carbonyl (C=O) groups excluding carboxylic acids is 1. The average molecular weight is 395 g/mol. The zero-order valence-electron chi connectivity index (χ0n) is 17.4. The van der Waals surface area contributed by atoms with Crippen molar-refractivity contribution in [2.45, 2.75) is 38.6 Å². The standard InChI is InChI=1S/C27H26N2O/c1-17-7-11-19(12-8-17)21-15-24-26(25(30)16-21)27(20-13-9-18(2)10-14-20)29-23-6-4-3-5-22(23)28-24/h3-14,21,27-29H,15-16H2,1-2H3/t21-,27-/m1/s1. The first-order valence-corrected chi connectivity index (χ1v) is 10.6. The lowest BCUT2D eigenvalue weighted by Gasteiger charge is -2.30. The van der Waals surface area contributed by atoms with Gasteiger partial charge in [0.1, 0.15) is 0 Å². The molecular formula is C27H26N2O. The molecule has 0 unspecified atom stereocenters. The highest BCUT2D eigenvalue weighted by Crippen LogP contribution is 2.44. The Hall–Kier alpha value is -3.33. The van der Waals surface area contributed by atoms with Crippen molar-refractivity contribution >= 4 is 17.2 Å². The number of rotatable bonds is 2. The summed E-state index contributed by atoms with van der Waals surface area (Å²) in [5.74, 6) is 0.425. The number of anilines is 2. The van der Waals surface area contributed by atoms with E-state index in [0.29, 0.717) is 6.42 Å². The van der Waals surface area contributed by atoms with E-state index in [0.717, 1.165) is 34.6 Å². The first kappa shape index (κ1) is 18.7. The van der Waals surface area contributed by atoms with E-state index in [2.05, 4.69) is 85.1 Å². The molecule has 3 aromatic carbocycles. The van der Waals surface area contributed by atoms with Crippen LogP contribution in [0.25, 0.3) is 0 Å². The van der Waals surface area contributed by atoms with Crippen LogP contribution in [-0.4, -0.2) is 5.78 Å². The molecule has 1 aliphatic carbocycles. The van der Waals surface area contributed by atoms with Gasteiger partial charge in [0.15, 0.2) is 5.78 Å². The van der Waals surface area contributed by atoms with Crippen LogP contribution < -0.4 is 10.6 Å². The van der Waals surface area contributed by atoms with Crippen molar-refractivity contribution in [2.24, 2.45) is 0 Å². The van der Waals surface area contributed by atoms with Crippen LogP contribution in [0.4, 0.5) is 11.4 Å². The Balaban J connectivity index is 1.60. The molecule has 0 fully saturated rings. The van der Waals surface area contributed by atoms with Crippen LogP contribution in [0.3, 0.4) is 0 Å². The Bertz CT molecular complexity index is 1130. The van der Waals surface area contributed by atoms with E-state index in [9.17, 15) is 4.79 Å². The van der Waals surface area contributed by atoms with Gasteiger partial charge in [-0.1, -0.05) is 71.8 Å². The quantitative estimate of drug-likeness (QED) is 0.537. The van der Waals surface area contributed by atoms with Crippen molar-refractivity contribution in [1.29, 1.82) is 0 Å². The summed E-state index contributed by atoms with van der Waals surface area (Å²) in [5, 5.41) is 7.26. The minimum absolute atomic E-state index is 0.150. The van der Waals surface area contributed by atoms with E-state index in [1.807, 2.05) is 12.1 Å². The second kappa shape index (κ2) is 7.49. The molecule has 2 aliphatic rings. The first-order chi connectivity index (χ1) is 14.6. The van der Waals surface area contributed by atoms with Gasteiger partial charge in [0.05, 0.1) is 17.4 Å². The summed E-state index contributed by atoms with van der Waals surface area (Å²) in [4.78, 5) is 13.5. The van der Waals surface area contributed by atoms with Crippen LogP contribution in [-0.2, 0) is 4.79 Å². The number of hydrogen-bond acceptors (Lipinski definition) is 3. The third kappa shape index (κ3) is 3.41. The number of carbonyl (C=O) groups is 1. The highest BCUT2D eigenvalue weighted by atomic mass is 16.1. The molecule has 0 saturated carbocycles. The molecule has 30 heavy (non-hydrogen) atoms. The van der Waals surface area contributed by atoms with Gasteiger partial charge >= 0.3 is 0 Å². The molecule has 0 aromatic heterocycles. The summed E-state index contributed by atoms with van der Waals surface area (Å²) in [5.41, 5.74) is 8.78. The van der Waals surface area contributed by atoms with E-state index >= 15 is 0 Å². The number of para-hydroxylation sites is 2. The van der Waals surface area contributed by atoms with Gasteiger partial charge < -0.3 is 10.6 Å². The number of Topliss-reactive ketones (excluding diaryl/α,β-unsaturated/α-hetero) is 1. The number of ketones is 1. The lowest BCUT2D eigenvalue weighted by atomic mass is 9.78. The number of aryl methyl sites for hydroxylation is 2. The highest BCUT2D eigenvalue weighted by Gasteiger charge is 2.35. The fourth-order valence-corrected chi connectivity index (χ4v) is 4.58. The topological polar surface area (TPSA) is 41.1 Å². The summed E-state index contributed by atoms with van der Waals surface area (Å²) in [6.07, 6.45) is 1.38. The van der Waals surface area contributed by atoms with Gasteiger partial charge in [-0.15, -0.1) is 0 Å². The number of allylic oxidation sites excluding steroid dienone is 1. The van der Waals surface area contributed by atoms with Gasteiger partial charge in [-0.25, -0.2) is 0 Å². The Morgan fingerprint density at radius 2 is 1.33 bits per heavy atom. The number of benzene rings is 3. The van der Waals surface area contributed by atoms with Gasteiger partial charge in [-0.2, -0.15) is 0 Å². The molecule has 2 atom stereocenters. The molecule has 1 heterocycles. The normalized spacial score (nSPS) is 20.5. The van der Waals surface area contributed by atoms with Crippen molar-refractivity contribution in [1.82, 2.24) is 0 Å². The zero-order chi connectivity index (χ0) is 20.7. The third-order valence-electron chi connectivity index (χ3n) is 6.27. The van der Waals surface area contributed by atoms with Crippen LogP contribution in [0.5, 0.6) is 0 Å². The Morgan fingerprint density at radius 1 is 0.733 bits per heavy atom. The largest absolute Gasteiger partial charge is 0.372 e. The van der Waals surface area contributed by atoms with Crippen LogP contribution in [0.2, 0.25) is 0 Å². The predicted octanol–water partition coefficient (Wildman–Crippen LogP) is 6.28. The Morgan fingerprint density at radius 3 is 2.00 bits per heavy atom. The maximum Gasteiger partial charge on any atom is 0.163 e.